The van der Waals surface area contributed by atoms with E-state index in [-0.39, 0.29) is 13.0 Å². The van der Waals surface area contributed by atoms with Crippen molar-refractivity contribution in [3.8, 4) is 0 Å². The van der Waals surface area contributed by atoms with E-state index < -0.39 is 24.0 Å². The molecule has 0 radical (unpaired) electrons. The van der Waals surface area contributed by atoms with Crippen LogP contribution in [-0.2, 0) is 4.79 Å². The van der Waals surface area contributed by atoms with Gasteiger partial charge in [-0.05, 0) is 30.7 Å². The van der Waals surface area contributed by atoms with Crippen molar-refractivity contribution in [2.45, 2.75) is 25.5 Å². The molecule has 1 aliphatic heterocycles. The van der Waals surface area contributed by atoms with Gasteiger partial charge in [0.1, 0.15) is 6.04 Å². The van der Waals surface area contributed by atoms with Crippen LogP contribution in [0.5, 0.6) is 0 Å². The minimum atomic E-state index is -1.10. The summed E-state index contributed by atoms with van der Waals surface area (Å²) in [6.45, 7) is 1.81. The fraction of sp³-hybridized carbons (Fsp3) is 0.385. The number of β-amino-alcohol motifs (C(OH)–C–C–N with tert-alkyl or cyclic N) is 1. The van der Waals surface area contributed by atoms with Gasteiger partial charge in [0.25, 0.3) is 5.91 Å². The molecule has 0 bridgehead atoms. The van der Waals surface area contributed by atoms with Crippen LogP contribution >= 0.6 is 11.6 Å². The number of hydrogen-bond acceptors (Lipinski definition) is 3. The maximum Gasteiger partial charge on any atom is 0.326 e. The molecule has 1 heterocycles. The first-order chi connectivity index (χ1) is 8.90. The van der Waals surface area contributed by atoms with E-state index in [1.54, 1.807) is 25.1 Å². The van der Waals surface area contributed by atoms with Crippen molar-refractivity contribution in [3.05, 3.63) is 34.3 Å². The molecule has 1 amide bonds. The molecule has 2 N–H and O–H groups in total. The Balaban J connectivity index is 2.27. The second-order valence-electron chi connectivity index (χ2n) is 4.67. The number of benzene rings is 1. The van der Waals surface area contributed by atoms with Crippen LogP contribution < -0.4 is 0 Å². The Bertz CT molecular complexity index is 531. The number of halogens is 1. The summed E-state index contributed by atoms with van der Waals surface area (Å²) in [6.07, 6.45) is -0.730. The molecule has 5 nitrogen and oxygen atoms in total. The Morgan fingerprint density at radius 3 is 2.68 bits per heavy atom. The predicted octanol–water partition coefficient (Wildman–Crippen LogP) is 1.31. The number of carboxylic acid groups (broad SMARTS) is 1. The zero-order valence-electron chi connectivity index (χ0n) is 10.3. The second kappa shape index (κ2) is 5.19. The van der Waals surface area contributed by atoms with Gasteiger partial charge in [-0.15, -0.1) is 0 Å². The van der Waals surface area contributed by atoms with Gasteiger partial charge < -0.3 is 15.1 Å². The van der Waals surface area contributed by atoms with Crippen LogP contribution in [0.2, 0.25) is 5.02 Å². The number of hydrogen-bond donors (Lipinski definition) is 2. The fourth-order valence-corrected chi connectivity index (χ4v) is 2.33. The summed E-state index contributed by atoms with van der Waals surface area (Å²) in [7, 11) is 0. The number of aryl methyl sites for hydroxylation is 1. The average molecular weight is 284 g/mol. The molecule has 0 aromatic heterocycles. The van der Waals surface area contributed by atoms with Crippen LogP contribution in [0.4, 0.5) is 0 Å². The summed E-state index contributed by atoms with van der Waals surface area (Å²) < 4.78 is 0. The van der Waals surface area contributed by atoms with Crippen molar-refractivity contribution in [2.24, 2.45) is 0 Å². The van der Waals surface area contributed by atoms with Gasteiger partial charge in [0.15, 0.2) is 0 Å². The number of carboxylic acids is 1. The molecule has 1 saturated heterocycles. The van der Waals surface area contributed by atoms with E-state index >= 15 is 0 Å². The van der Waals surface area contributed by atoms with Gasteiger partial charge in [0.05, 0.1) is 6.10 Å². The number of rotatable bonds is 2. The molecule has 102 valence electrons. The third kappa shape index (κ3) is 2.72. The molecular formula is C13H14ClNO4. The molecule has 6 heteroatoms. The third-order valence-corrected chi connectivity index (χ3v) is 3.65. The van der Waals surface area contributed by atoms with Crippen molar-refractivity contribution in [2.75, 3.05) is 6.54 Å². The van der Waals surface area contributed by atoms with Crippen LogP contribution in [0, 0.1) is 6.92 Å². The lowest BCUT2D eigenvalue weighted by Crippen LogP contribution is -2.40. The Kier molecular flexibility index (Phi) is 3.78. The van der Waals surface area contributed by atoms with Gasteiger partial charge in [0, 0.05) is 23.6 Å². The first-order valence-electron chi connectivity index (χ1n) is 5.88. The predicted molar refractivity (Wildman–Crippen MR) is 69.3 cm³/mol. The highest BCUT2D eigenvalue weighted by atomic mass is 35.5. The molecule has 0 spiro atoms. The molecule has 0 aliphatic carbocycles. The smallest absolute Gasteiger partial charge is 0.326 e. The van der Waals surface area contributed by atoms with Gasteiger partial charge in [0.2, 0.25) is 0 Å². The number of nitrogens with zero attached hydrogens (tertiary/aromatic N) is 1. The number of carbonyl (C=O) groups is 2. The Morgan fingerprint density at radius 2 is 2.11 bits per heavy atom. The fourth-order valence-electron chi connectivity index (χ4n) is 2.22. The van der Waals surface area contributed by atoms with Crippen molar-refractivity contribution in [1.29, 1.82) is 0 Å². The van der Waals surface area contributed by atoms with Gasteiger partial charge in [-0.1, -0.05) is 11.6 Å². The maximum absolute atomic E-state index is 12.3. The number of aliphatic hydroxyl groups is 1. The highest BCUT2D eigenvalue weighted by Gasteiger charge is 2.39. The van der Waals surface area contributed by atoms with Gasteiger partial charge in [-0.2, -0.15) is 0 Å². The lowest BCUT2D eigenvalue weighted by molar-refractivity contribution is -0.141. The van der Waals surface area contributed by atoms with Crippen LogP contribution in [0.25, 0.3) is 0 Å². The molecule has 1 aromatic rings. The largest absolute Gasteiger partial charge is 0.480 e. The average Bonchev–Trinajstić information content (AvgIpc) is 2.74. The minimum absolute atomic E-state index is 0.0392. The lowest BCUT2D eigenvalue weighted by Gasteiger charge is -2.21. The number of carbonyl (C=O) groups excluding carboxylic acids is 1. The van der Waals surface area contributed by atoms with Crippen molar-refractivity contribution in [1.82, 2.24) is 4.90 Å². The Morgan fingerprint density at radius 1 is 1.42 bits per heavy atom. The molecular weight excluding hydrogens is 270 g/mol. The lowest BCUT2D eigenvalue weighted by atomic mass is 10.1. The van der Waals surface area contributed by atoms with Crippen LogP contribution in [-0.4, -0.2) is 45.7 Å². The molecule has 0 unspecified atom stereocenters. The normalized spacial score (nSPS) is 22.6. The quantitative estimate of drug-likeness (QED) is 0.858. The molecule has 1 fully saturated rings. The van der Waals surface area contributed by atoms with Crippen molar-refractivity contribution < 1.29 is 19.8 Å². The Labute approximate surface area is 115 Å². The highest BCUT2D eigenvalue weighted by molar-refractivity contribution is 6.31. The number of likely N-dealkylation sites (tertiary alicyclic amines) is 1. The van der Waals surface area contributed by atoms with E-state index in [9.17, 15) is 14.7 Å². The SMILES string of the molecule is Cc1cc(C(=O)N2C[C@H](O)C[C@@H]2C(=O)O)ccc1Cl. The second-order valence-corrected chi connectivity index (χ2v) is 5.07. The monoisotopic (exact) mass is 283 g/mol. The number of aliphatic carboxylic acids is 1. The van der Waals surface area contributed by atoms with Crippen LogP contribution in [0.3, 0.4) is 0 Å². The third-order valence-electron chi connectivity index (χ3n) is 3.23. The highest BCUT2D eigenvalue weighted by Crippen LogP contribution is 2.23. The van der Waals surface area contributed by atoms with Gasteiger partial charge in [-0.3, -0.25) is 4.79 Å². The summed E-state index contributed by atoms with van der Waals surface area (Å²) in [5.74, 6) is -1.50. The first kappa shape index (κ1) is 13.8. The van der Waals surface area contributed by atoms with E-state index in [0.29, 0.717) is 10.6 Å². The van der Waals surface area contributed by atoms with E-state index in [2.05, 4.69) is 0 Å². The summed E-state index contributed by atoms with van der Waals surface area (Å²) >= 11 is 5.89. The molecule has 1 aromatic carbocycles. The zero-order valence-corrected chi connectivity index (χ0v) is 11.1. The standard InChI is InChI=1S/C13H14ClNO4/c1-7-4-8(2-3-10(7)14)12(17)15-6-9(16)5-11(15)13(18)19/h2-4,9,11,16H,5-6H2,1H3,(H,18,19)/t9-,11-/m1/s1. The van der Waals surface area contributed by atoms with E-state index in [0.717, 1.165) is 5.56 Å². The van der Waals surface area contributed by atoms with Crippen molar-refractivity contribution >= 4 is 23.5 Å². The summed E-state index contributed by atoms with van der Waals surface area (Å²) in [4.78, 5) is 24.6. The first-order valence-corrected chi connectivity index (χ1v) is 6.26. The van der Waals surface area contributed by atoms with E-state index in [4.69, 9.17) is 16.7 Å². The molecule has 2 atom stereocenters. The summed E-state index contributed by atoms with van der Waals surface area (Å²) in [5, 5.41) is 19.2. The molecule has 19 heavy (non-hydrogen) atoms. The Hall–Kier alpha value is -1.59. The van der Waals surface area contributed by atoms with Gasteiger partial charge >= 0.3 is 5.97 Å². The summed E-state index contributed by atoms with van der Waals surface area (Å²) in [6, 6.07) is 3.81. The van der Waals surface area contributed by atoms with Crippen LogP contribution in [0.15, 0.2) is 18.2 Å². The van der Waals surface area contributed by atoms with Crippen LogP contribution in [0.1, 0.15) is 22.3 Å². The number of amides is 1. The molecule has 0 saturated carbocycles. The minimum Gasteiger partial charge on any atom is -0.480 e. The molecule has 1 aliphatic rings. The van der Waals surface area contributed by atoms with Crippen molar-refractivity contribution in [3.63, 3.8) is 0 Å². The molecule has 2 rings (SSSR count). The van der Waals surface area contributed by atoms with E-state index in [1.807, 2.05) is 0 Å². The maximum atomic E-state index is 12.3. The summed E-state index contributed by atoms with van der Waals surface area (Å²) in [5.41, 5.74) is 1.13. The topological polar surface area (TPSA) is 77.8 Å². The van der Waals surface area contributed by atoms with Gasteiger partial charge in [-0.25, -0.2) is 4.79 Å². The number of aliphatic hydroxyl groups excluding tert-OH is 1. The van der Waals surface area contributed by atoms with E-state index in [1.165, 1.54) is 4.90 Å². The zero-order chi connectivity index (χ0) is 14.2.